The Kier molecular flexibility index (Phi) is 6.52. The lowest BCUT2D eigenvalue weighted by molar-refractivity contribution is -0.0498. The summed E-state index contributed by atoms with van der Waals surface area (Å²) < 4.78 is 61.1. The third-order valence-electron chi connectivity index (χ3n) is 5.57. The van der Waals surface area contributed by atoms with Crippen molar-refractivity contribution in [2.75, 3.05) is 33.3 Å². The first kappa shape index (κ1) is 23.0. The molecule has 11 heteroatoms. The van der Waals surface area contributed by atoms with Crippen LogP contribution in [0.2, 0.25) is 0 Å². The van der Waals surface area contributed by atoms with Gasteiger partial charge in [0, 0.05) is 32.7 Å². The number of hydrogen-bond acceptors (Lipinski definition) is 5. The average Bonchev–Trinajstić information content (AvgIpc) is 3.38. The second kappa shape index (κ2) is 9.36. The Bertz CT molecular complexity index is 1130. The van der Waals surface area contributed by atoms with Gasteiger partial charge in [0.1, 0.15) is 11.5 Å². The zero-order valence-corrected chi connectivity index (χ0v) is 18.6. The van der Waals surface area contributed by atoms with E-state index < -0.39 is 16.6 Å². The van der Waals surface area contributed by atoms with Crippen LogP contribution in [0.1, 0.15) is 5.56 Å². The van der Waals surface area contributed by atoms with Crippen LogP contribution in [0, 0.1) is 0 Å². The molecule has 2 aromatic rings. The smallest absolute Gasteiger partial charge is 0.387 e. The number of benzene rings is 2. The second-order valence-corrected chi connectivity index (χ2v) is 9.63. The van der Waals surface area contributed by atoms with E-state index in [4.69, 9.17) is 4.74 Å². The monoisotopic (exact) mass is 479 g/mol. The van der Waals surface area contributed by atoms with E-state index in [9.17, 15) is 22.0 Å². The van der Waals surface area contributed by atoms with Crippen LogP contribution >= 0.6 is 0 Å². The number of nitrogens with one attached hydrogen (secondary N) is 1. The van der Waals surface area contributed by atoms with Gasteiger partial charge in [-0.2, -0.15) is 13.1 Å². The van der Waals surface area contributed by atoms with E-state index in [1.54, 1.807) is 12.0 Å². The Balaban J connectivity index is 1.30. The number of carbonyl (C=O) groups excluding carboxylic acids is 1. The van der Waals surface area contributed by atoms with Gasteiger partial charge in [0.2, 0.25) is 10.0 Å². The lowest BCUT2D eigenvalue weighted by Crippen LogP contribution is -2.41. The first-order chi connectivity index (χ1) is 15.8. The molecule has 0 aromatic heterocycles. The lowest BCUT2D eigenvalue weighted by atomic mass is 10.2. The molecular weight excluding hydrogens is 456 g/mol. The summed E-state index contributed by atoms with van der Waals surface area (Å²) in [6, 6.07) is 12.1. The van der Waals surface area contributed by atoms with Gasteiger partial charge in [-0.15, -0.1) is 0 Å². The molecule has 0 saturated heterocycles. The Morgan fingerprint density at radius 1 is 0.970 bits per heavy atom. The molecule has 8 nitrogen and oxygen atoms in total. The summed E-state index contributed by atoms with van der Waals surface area (Å²) in [7, 11) is -2.21. The molecular formula is C22H23F2N3O5S. The zero-order chi connectivity index (χ0) is 23.6. The maximum absolute atomic E-state index is 12.9. The fourth-order valence-corrected chi connectivity index (χ4v) is 5.26. The number of hydrogen-bond donors (Lipinski definition) is 1. The van der Waals surface area contributed by atoms with Crippen LogP contribution in [-0.2, 0) is 16.6 Å². The van der Waals surface area contributed by atoms with Gasteiger partial charge in [-0.1, -0.05) is 12.1 Å². The standard InChI is InChI=1S/C22H23F2N3O5S/c1-31-18-4-2-15(3-5-18)10-25-22(28)26-11-16-13-27(14-17(16)12-26)33(29,30)20-8-6-19(7-9-20)32-21(23)24/h2-9,21H,10-14H2,1H3,(H,25,28). The third-order valence-corrected chi connectivity index (χ3v) is 7.38. The maximum Gasteiger partial charge on any atom is 0.387 e. The topological polar surface area (TPSA) is 88.2 Å². The molecule has 2 amide bonds. The molecule has 2 aliphatic heterocycles. The van der Waals surface area contributed by atoms with Crippen molar-refractivity contribution in [3.8, 4) is 11.5 Å². The molecule has 0 spiro atoms. The van der Waals surface area contributed by atoms with Gasteiger partial charge >= 0.3 is 12.6 Å². The predicted octanol–water partition coefficient (Wildman–Crippen LogP) is 2.82. The predicted molar refractivity (Wildman–Crippen MR) is 116 cm³/mol. The summed E-state index contributed by atoms with van der Waals surface area (Å²) in [6.45, 7) is -1.51. The summed E-state index contributed by atoms with van der Waals surface area (Å²) >= 11 is 0. The number of amides is 2. The molecule has 0 bridgehead atoms. The Morgan fingerprint density at radius 2 is 1.55 bits per heavy atom. The van der Waals surface area contributed by atoms with E-state index in [1.165, 1.54) is 28.6 Å². The van der Waals surface area contributed by atoms with Crippen molar-refractivity contribution in [2.45, 2.75) is 18.1 Å². The fourth-order valence-electron chi connectivity index (χ4n) is 3.83. The van der Waals surface area contributed by atoms with Crippen LogP contribution < -0.4 is 14.8 Å². The fraction of sp³-hybridized carbons (Fsp3) is 0.318. The molecule has 2 heterocycles. The van der Waals surface area contributed by atoms with Crippen molar-refractivity contribution in [3.05, 3.63) is 65.2 Å². The van der Waals surface area contributed by atoms with E-state index in [2.05, 4.69) is 10.1 Å². The quantitative estimate of drug-likeness (QED) is 0.617. The second-order valence-electron chi connectivity index (χ2n) is 7.69. The number of alkyl halides is 2. The Hall–Kier alpha value is -3.18. The van der Waals surface area contributed by atoms with Crippen molar-refractivity contribution in [3.63, 3.8) is 0 Å². The van der Waals surface area contributed by atoms with Crippen molar-refractivity contribution in [1.82, 2.24) is 14.5 Å². The van der Waals surface area contributed by atoms with E-state index >= 15 is 0 Å². The van der Waals surface area contributed by atoms with Crippen LogP contribution in [0.3, 0.4) is 0 Å². The molecule has 0 aliphatic carbocycles. The van der Waals surface area contributed by atoms with E-state index in [1.807, 2.05) is 24.3 Å². The molecule has 0 unspecified atom stereocenters. The molecule has 4 rings (SSSR count). The SMILES string of the molecule is COc1ccc(CNC(=O)N2CC3=C(C2)CN(S(=O)(=O)c2ccc(OC(F)F)cc2)C3)cc1. The minimum Gasteiger partial charge on any atom is -0.497 e. The maximum atomic E-state index is 12.9. The average molecular weight is 480 g/mol. The third kappa shape index (κ3) is 5.09. The minimum absolute atomic E-state index is 0.000574. The largest absolute Gasteiger partial charge is 0.497 e. The lowest BCUT2D eigenvalue weighted by Gasteiger charge is -2.23. The molecule has 0 fully saturated rings. The van der Waals surface area contributed by atoms with Gasteiger partial charge in [0.05, 0.1) is 12.0 Å². The van der Waals surface area contributed by atoms with Crippen LogP contribution in [0.25, 0.3) is 0 Å². The van der Waals surface area contributed by atoms with Crippen LogP contribution in [-0.4, -0.2) is 63.6 Å². The van der Waals surface area contributed by atoms with Gasteiger partial charge in [0.15, 0.2) is 0 Å². The molecule has 176 valence electrons. The number of ether oxygens (including phenoxy) is 2. The highest BCUT2D eigenvalue weighted by Gasteiger charge is 2.37. The minimum atomic E-state index is -3.80. The molecule has 2 aromatic carbocycles. The first-order valence-electron chi connectivity index (χ1n) is 10.2. The number of nitrogens with zero attached hydrogens (tertiary/aromatic N) is 2. The number of halogens is 2. The number of urea groups is 1. The molecule has 0 atom stereocenters. The van der Waals surface area contributed by atoms with E-state index in [0.29, 0.717) is 19.6 Å². The summed E-state index contributed by atoms with van der Waals surface area (Å²) in [6.07, 6.45) is 0. The number of carbonyl (C=O) groups is 1. The summed E-state index contributed by atoms with van der Waals surface area (Å²) in [4.78, 5) is 14.2. The Labute approximate surface area is 190 Å². The molecule has 0 saturated carbocycles. The van der Waals surface area contributed by atoms with Gasteiger partial charge in [-0.3, -0.25) is 0 Å². The van der Waals surface area contributed by atoms with Crippen LogP contribution in [0.4, 0.5) is 13.6 Å². The van der Waals surface area contributed by atoms with Gasteiger partial charge in [-0.25, -0.2) is 13.2 Å². The van der Waals surface area contributed by atoms with Crippen LogP contribution in [0.5, 0.6) is 11.5 Å². The normalized spacial score (nSPS) is 16.3. The van der Waals surface area contributed by atoms with Crippen molar-refractivity contribution < 1.29 is 31.5 Å². The van der Waals surface area contributed by atoms with Gasteiger partial charge in [-0.05, 0) is 53.1 Å². The van der Waals surface area contributed by atoms with Crippen molar-refractivity contribution in [2.24, 2.45) is 0 Å². The summed E-state index contributed by atoms with van der Waals surface area (Å²) in [5.41, 5.74) is 2.73. The van der Waals surface area contributed by atoms with Gasteiger partial charge in [0.25, 0.3) is 0 Å². The van der Waals surface area contributed by atoms with Crippen LogP contribution in [0.15, 0.2) is 64.6 Å². The van der Waals surface area contributed by atoms with Crippen molar-refractivity contribution >= 4 is 16.1 Å². The Morgan fingerprint density at radius 3 is 2.09 bits per heavy atom. The molecule has 2 aliphatic rings. The van der Waals surface area contributed by atoms with E-state index in [-0.39, 0.29) is 29.8 Å². The van der Waals surface area contributed by atoms with Crippen molar-refractivity contribution in [1.29, 1.82) is 0 Å². The molecule has 33 heavy (non-hydrogen) atoms. The molecule has 0 radical (unpaired) electrons. The highest BCUT2D eigenvalue weighted by molar-refractivity contribution is 7.89. The van der Waals surface area contributed by atoms with E-state index in [0.717, 1.165) is 22.5 Å². The number of sulfonamides is 1. The number of rotatable bonds is 7. The highest BCUT2D eigenvalue weighted by Crippen LogP contribution is 2.30. The summed E-state index contributed by atoms with van der Waals surface area (Å²) in [5, 5.41) is 2.88. The first-order valence-corrected chi connectivity index (χ1v) is 11.6. The molecule has 1 N–H and O–H groups in total. The summed E-state index contributed by atoms with van der Waals surface area (Å²) in [5.74, 6) is 0.629. The number of methoxy groups -OCH3 is 1. The zero-order valence-electron chi connectivity index (χ0n) is 17.8. The highest BCUT2D eigenvalue weighted by atomic mass is 32.2. The van der Waals surface area contributed by atoms with Gasteiger partial charge < -0.3 is 19.7 Å².